The maximum absolute atomic E-state index is 6.15. The van der Waals surface area contributed by atoms with Crippen LogP contribution in [0.1, 0.15) is 10.6 Å². The number of halogens is 1. The van der Waals surface area contributed by atoms with Crippen LogP contribution in [0, 0.1) is 13.8 Å². The third-order valence-electron chi connectivity index (χ3n) is 2.43. The fourth-order valence-electron chi connectivity index (χ4n) is 1.67. The van der Waals surface area contributed by atoms with Crippen LogP contribution in [0.2, 0.25) is 5.15 Å². The minimum absolute atomic E-state index is 0.475. The molecule has 0 aliphatic carbocycles. The molecule has 0 aromatic carbocycles. The maximum atomic E-state index is 6.15. The lowest BCUT2D eigenvalue weighted by molar-refractivity contribution is 0.544. The molecule has 0 amide bonds. The van der Waals surface area contributed by atoms with Gasteiger partial charge in [0.05, 0.1) is 0 Å². The van der Waals surface area contributed by atoms with Crippen LogP contribution < -0.4 is 0 Å². The van der Waals surface area contributed by atoms with Crippen molar-refractivity contribution in [3.63, 3.8) is 0 Å². The molecule has 0 aliphatic rings. The van der Waals surface area contributed by atoms with Crippen molar-refractivity contribution >= 4 is 33.2 Å². The number of aryl methyl sites for hydroxylation is 2. The Labute approximate surface area is 107 Å². The van der Waals surface area contributed by atoms with E-state index in [0.717, 1.165) is 16.0 Å². The highest BCUT2D eigenvalue weighted by atomic mass is 35.5. The summed E-state index contributed by atoms with van der Waals surface area (Å²) < 4.78 is 5.50. The largest absolute Gasteiger partial charge is 0.458 e. The molecule has 0 saturated carbocycles. The van der Waals surface area contributed by atoms with Crippen molar-refractivity contribution < 1.29 is 4.42 Å². The average molecular weight is 265 g/mol. The number of hydrogen-bond acceptors (Lipinski definition) is 4. The minimum atomic E-state index is 0.475. The highest BCUT2D eigenvalue weighted by Gasteiger charge is 2.12. The van der Waals surface area contributed by atoms with Crippen LogP contribution in [0.25, 0.3) is 21.8 Å². The fourth-order valence-corrected chi connectivity index (χ4v) is 2.83. The van der Waals surface area contributed by atoms with E-state index in [-0.39, 0.29) is 0 Å². The summed E-state index contributed by atoms with van der Waals surface area (Å²) in [5, 5.41) is 1.38. The highest BCUT2D eigenvalue weighted by Crippen LogP contribution is 2.30. The lowest BCUT2D eigenvalue weighted by Crippen LogP contribution is -1.87. The van der Waals surface area contributed by atoms with Crippen molar-refractivity contribution in [2.75, 3.05) is 0 Å². The molecule has 0 atom stereocenters. The fraction of sp³-hybridized carbons (Fsp3) is 0.167. The molecule has 3 heterocycles. The summed E-state index contributed by atoms with van der Waals surface area (Å²) in [5.41, 5.74) is 0. The summed E-state index contributed by atoms with van der Waals surface area (Å²) in [6.07, 6.45) is 0. The average Bonchev–Trinajstić information content (AvgIpc) is 2.83. The summed E-state index contributed by atoms with van der Waals surface area (Å²) in [7, 11) is 0. The molecule has 3 aromatic heterocycles. The number of rotatable bonds is 1. The summed E-state index contributed by atoms with van der Waals surface area (Å²) in [6, 6.07) is 5.74. The smallest absolute Gasteiger partial charge is 0.198 e. The number of furan rings is 1. The van der Waals surface area contributed by atoms with Crippen molar-refractivity contribution in [3.05, 3.63) is 34.0 Å². The van der Waals surface area contributed by atoms with Gasteiger partial charge >= 0.3 is 0 Å². The Hall–Kier alpha value is -1.39. The topological polar surface area (TPSA) is 38.9 Å². The lowest BCUT2D eigenvalue weighted by Gasteiger charge is -1.97. The molecule has 0 bridgehead atoms. The van der Waals surface area contributed by atoms with Crippen LogP contribution >= 0.6 is 22.9 Å². The number of fused-ring (bicyclic) bond motifs is 1. The second-order valence-electron chi connectivity index (χ2n) is 3.82. The van der Waals surface area contributed by atoms with Gasteiger partial charge in [-0.1, -0.05) is 11.6 Å². The molecule has 0 spiro atoms. The van der Waals surface area contributed by atoms with Crippen LogP contribution in [-0.2, 0) is 0 Å². The Morgan fingerprint density at radius 1 is 1.24 bits per heavy atom. The molecule has 5 heteroatoms. The number of thiophene rings is 1. The molecular formula is C12H9ClN2OS. The van der Waals surface area contributed by atoms with Crippen LogP contribution in [-0.4, -0.2) is 9.97 Å². The molecule has 0 aliphatic heterocycles. The van der Waals surface area contributed by atoms with Gasteiger partial charge in [-0.3, -0.25) is 0 Å². The monoisotopic (exact) mass is 264 g/mol. The van der Waals surface area contributed by atoms with Gasteiger partial charge < -0.3 is 4.42 Å². The van der Waals surface area contributed by atoms with Gasteiger partial charge in [-0.25, -0.2) is 9.97 Å². The predicted octanol–water partition coefficient (Wildman–Crippen LogP) is 4.22. The highest BCUT2D eigenvalue weighted by molar-refractivity contribution is 7.18. The van der Waals surface area contributed by atoms with Crippen LogP contribution in [0.15, 0.2) is 22.6 Å². The maximum Gasteiger partial charge on any atom is 0.198 e. The van der Waals surface area contributed by atoms with Gasteiger partial charge in [0.1, 0.15) is 15.7 Å². The van der Waals surface area contributed by atoms with Crippen molar-refractivity contribution in [1.82, 2.24) is 9.97 Å². The first-order valence-electron chi connectivity index (χ1n) is 5.14. The first-order chi connectivity index (χ1) is 8.13. The summed E-state index contributed by atoms with van der Waals surface area (Å²) in [6.45, 7) is 3.91. The zero-order chi connectivity index (χ0) is 12.0. The van der Waals surface area contributed by atoms with E-state index in [1.54, 1.807) is 11.3 Å². The van der Waals surface area contributed by atoms with Crippen molar-refractivity contribution in [1.29, 1.82) is 0 Å². The third kappa shape index (κ3) is 1.83. The van der Waals surface area contributed by atoms with E-state index in [1.165, 1.54) is 4.88 Å². The Balaban J connectivity index is 2.24. The third-order valence-corrected chi connectivity index (χ3v) is 3.66. The lowest BCUT2D eigenvalue weighted by atomic mass is 10.3. The molecule has 17 heavy (non-hydrogen) atoms. The van der Waals surface area contributed by atoms with Gasteiger partial charge in [0.15, 0.2) is 11.6 Å². The molecular weight excluding hydrogens is 256 g/mol. The summed E-state index contributed by atoms with van der Waals surface area (Å²) in [5.74, 6) is 2.02. The van der Waals surface area contributed by atoms with Gasteiger partial charge in [0.25, 0.3) is 0 Å². The second kappa shape index (κ2) is 3.82. The quantitative estimate of drug-likeness (QED) is 0.618. The Morgan fingerprint density at radius 2 is 2.06 bits per heavy atom. The number of hydrogen-bond donors (Lipinski definition) is 0. The van der Waals surface area contributed by atoms with Crippen molar-refractivity contribution in [3.8, 4) is 11.6 Å². The molecule has 86 valence electrons. The van der Waals surface area contributed by atoms with E-state index in [1.807, 2.05) is 32.0 Å². The zero-order valence-corrected chi connectivity index (χ0v) is 10.9. The summed E-state index contributed by atoms with van der Waals surface area (Å²) in [4.78, 5) is 10.8. The Kier molecular flexibility index (Phi) is 2.42. The molecule has 3 nitrogen and oxygen atoms in total. The first kappa shape index (κ1) is 10.7. The zero-order valence-electron chi connectivity index (χ0n) is 9.32. The predicted molar refractivity (Wildman–Crippen MR) is 69.6 cm³/mol. The van der Waals surface area contributed by atoms with Crippen LogP contribution in [0.4, 0.5) is 0 Å². The van der Waals surface area contributed by atoms with Crippen molar-refractivity contribution in [2.45, 2.75) is 13.8 Å². The van der Waals surface area contributed by atoms with E-state index in [2.05, 4.69) is 9.97 Å². The molecule has 3 aromatic rings. The number of aromatic nitrogens is 2. The van der Waals surface area contributed by atoms with E-state index in [9.17, 15) is 0 Å². The normalized spacial score (nSPS) is 11.2. The SMILES string of the molecule is Cc1ccc(-c2nc(Cl)c3cc(C)sc3n2)o1. The molecule has 3 rings (SSSR count). The van der Waals surface area contributed by atoms with Crippen molar-refractivity contribution in [2.24, 2.45) is 0 Å². The van der Waals surface area contributed by atoms with Crippen LogP contribution in [0.5, 0.6) is 0 Å². The van der Waals surface area contributed by atoms with E-state index in [0.29, 0.717) is 16.7 Å². The number of nitrogens with zero attached hydrogens (tertiary/aromatic N) is 2. The Bertz CT molecular complexity index is 702. The van der Waals surface area contributed by atoms with Gasteiger partial charge in [-0.15, -0.1) is 11.3 Å². The molecule has 0 N–H and O–H groups in total. The second-order valence-corrected chi connectivity index (χ2v) is 5.42. The Morgan fingerprint density at radius 3 is 2.76 bits per heavy atom. The summed E-state index contributed by atoms with van der Waals surface area (Å²) >= 11 is 7.75. The first-order valence-corrected chi connectivity index (χ1v) is 6.33. The standard InChI is InChI=1S/C12H9ClN2OS/c1-6-3-4-9(16-6)11-14-10(13)8-5-7(2)17-12(8)15-11/h3-5H,1-2H3. The molecule has 0 radical (unpaired) electrons. The van der Waals surface area contributed by atoms with Crippen LogP contribution in [0.3, 0.4) is 0 Å². The molecule has 0 saturated heterocycles. The van der Waals surface area contributed by atoms with E-state index in [4.69, 9.17) is 16.0 Å². The molecule has 0 unspecified atom stereocenters. The van der Waals surface area contributed by atoms with Gasteiger partial charge in [-0.2, -0.15) is 0 Å². The minimum Gasteiger partial charge on any atom is -0.458 e. The van der Waals surface area contributed by atoms with E-state index < -0.39 is 0 Å². The van der Waals surface area contributed by atoms with Gasteiger partial charge in [0, 0.05) is 10.3 Å². The van der Waals surface area contributed by atoms with Gasteiger partial charge in [-0.05, 0) is 32.0 Å². The molecule has 0 fully saturated rings. The van der Waals surface area contributed by atoms with Gasteiger partial charge in [0.2, 0.25) is 0 Å². The van der Waals surface area contributed by atoms with E-state index >= 15 is 0 Å².